The largest absolute Gasteiger partial charge is 0.477 e. The average molecular weight is 403 g/mol. The van der Waals surface area contributed by atoms with Gasteiger partial charge in [-0.05, 0) is 44.4 Å². The number of rotatable bonds is 6. The number of benzene rings is 1. The molecule has 0 aromatic heterocycles. The van der Waals surface area contributed by atoms with Gasteiger partial charge in [0.15, 0.2) is 12.7 Å². The van der Waals surface area contributed by atoms with E-state index < -0.39 is 36.5 Å². The van der Waals surface area contributed by atoms with Crippen LogP contribution in [0.2, 0.25) is 10.0 Å². The molecule has 9 heteroatoms. The Kier molecular flexibility index (Phi) is 7.11. The van der Waals surface area contributed by atoms with Crippen LogP contribution in [0.1, 0.15) is 26.2 Å². The van der Waals surface area contributed by atoms with Crippen LogP contribution in [0.3, 0.4) is 0 Å². The second-order valence-corrected chi connectivity index (χ2v) is 6.79. The fraction of sp³-hybridized carbons (Fsp3) is 0.471. The normalized spacial score (nSPS) is 18.1. The quantitative estimate of drug-likeness (QED) is 0.734. The second-order valence-electron chi connectivity index (χ2n) is 5.94. The third-order valence-electron chi connectivity index (χ3n) is 4.02. The van der Waals surface area contributed by atoms with Crippen LogP contribution in [0.4, 0.5) is 0 Å². The molecule has 2 rings (SSSR count). The van der Waals surface area contributed by atoms with Crippen molar-refractivity contribution in [2.24, 2.45) is 5.73 Å². The molecular weight excluding hydrogens is 383 g/mol. The molecule has 2 amide bonds. The summed E-state index contributed by atoms with van der Waals surface area (Å²) in [4.78, 5) is 37.1. The minimum absolute atomic E-state index is 0.255. The van der Waals surface area contributed by atoms with E-state index in [4.69, 9.17) is 38.4 Å². The average Bonchev–Trinajstić information content (AvgIpc) is 2.61. The molecular formula is C17H20Cl2N2O5. The molecule has 0 saturated carbocycles. The van der Waals surface area contributed by atoms with Gasteiger partial charge < -0.3 is 20.1 Å². The zero-order chi connectivity index (χ0) is 19.3. The summed E-state index contributed by atoms with van der Waals surface area (Å²) in [5, 5.41) is 0.694. The summed E-state index contributed by atoms with van der Waals surface area (Å²) in [6.07, 6.45) is 1.14. The van der Waals surface area contributed by atoms with Crippen molar-refractivity contribution in [2.75, 3.05) is 13.2 Å². The lowest BCUT2D eigenvalue weighted by Crippen LogP contribution is -2.51. The number of piperidine rings is 1. The van der Waals surface area contributed by atoms with Crippen LogP contribution < -0.4 is 10.5 Å². The van der Waals surface area contributed by atoms with E-state index in [0.29, 0.717) is 18.0 Å². The summed E-state index contributed by atoms with van der Waals surface area (Å²) in [6.45, 7) is 1.41. The van der Waals surface area contributed by atoms with Gasteiger partial charge in [0, 0.05) is 11.6 Å². The Bertz CT molecular complexity index is 698. The number of carbonyl (C=O) groups is 3. The van der Waals surface area contributed by atoms with Crippen LogP contribution in [0.5, 0.6) is 5.75 Å². The number of esters is 1. The number of nitrogens with two attached hydrogens (primary N) is 1. The monoisotopic (exact) mass is 402 g/mol. The molecule has 2 atom stereocenters. The summed E-state index contributed by atoms with van der Waals surface area (Å²) in [6, 6.07) is 3.94. The number of likely N-dealkylation sites (tertiary alicyclic amines) is 1. The van der Waals surface area contributed by atoms with E-state index in [1.54, 1.807) is 6.07 Å². The van der Waals surface area contributed by atoms with Gasteiger partial charge >= 0.3 is 5.97 Å². The second kappa shape index (κ2) is 9.09. The molecule has 7 nitrogen and oxygen atoms in total. The van der Waals surface area contributed by atoms with E-state index in [2.05, 4.69) is 0 Å². The first kappa shape index (κ1) is 20.3. The highest BCUT2D eigenvalue weighted by atomic mass is 35.5. The molecule has 1 fully saturated rings. The van der Waals surface area contributed by atoms with Crippen molar-refractivity contribution < 1.29 is 23.9 Å². The lowest BCUT2D eigenvalue weighted by Gasteiger charge is -2.33. The van der Waals surface area contributed by atoms with Crippen molar-refractivity contribution in [3.63, 3.8) is 0 Å². The molecule has 1 heterocycles. The maximum absolute atomic E-state index is 12.3. The fourth-order valence-corrected chi connectivity index (χ4v) is 3.12. The number of primary amides is 1. The number of ether oxygens (including phenoxy) is 2. The molecule has 0 radical (unpaired) electrons. The Balaban J connectivity index is 1.88. The highest BCUT2D eigenvalue weighted by molar-refractivity contribution is 6.35. The van der Waals surface area contributed by atoms with Gasteiger partial charge in [-0.2, -0.15) is 0 Å². The lowest BCUT2D eigenvalue weighted by atomic mass is 10.0. The molecule has 1 aromatic rings. The molecule has 0 aliphatic carbocycles. The first-order chi connectivity index (χ1) is 12.3. The van der Waals surface area contributed by atoms with E-state index >= 15 is 0 Å². The smallest absolute Gasteiger partial charge is 0.347 e. The molecule has 2 N–H and O–H groups in total. The number of nitrogens with zero attached hydrogens (tertiary/aromatic N) is 1. The summed E-state index contributed by atoms with van der Waals surface area (Å²) in [5.41, 5.74) is 5.33. The third kappa shape index (κ3) is 5.25. The Labute approximate surface area is 161 Å². The predicted octanol–water partition coefficient (Wildman–Crippen LogP) is 2.17. The Morgan fingerprint density at radius 2 is 2.04 bits per heavy atom. The summed E-state index contributed by atoms with van der Waals surface area (Å²) in [5.74, 6) is -1.47. The first-order valence-corrected chi connectivity index (χ1v) is 8.92. The SMILES string of the molecule is C[C@H](Oc1ccc(Cl)cc1Cl)C(=O)OCC(=O)N1CCCC[C@@H]1C(N)=O. The molecule has 142 valence electrons. The Morgan fingerprint density at radius 1 is 1.31 bits per heavy atom. The Morgan fingerprint density at radius 3 is 2.69 bits per heavy atom. The van der Waals surface area contributed by atoms with Gasteiger partial charge in [0.1, 0.15) is 11.8 Å². The molecule has 0 unspecified atom stereocenters. The molecule has 1 aromatic carbocycles. The highest BCUT2D eigenvalue weighted by Gasteiger charge is 2.31. The van der Waals surface area contributed by atoms with Crippen LogP contribution in [-0.4, -0.2) is 48.0 Å². The number of hydrogen-bond acceptors (Lipinski definition) is 5. The highest BCUT2D eigenvalue weighted by Crippen LogP contribution is 2.28. The lowest BCUT2D eigenvalue weighted by molar-refractivity contribution is -0.159. The molecule has 26 heavy (non-hydrogen) atoms. The van der Waals surface area contributed by atoms with Crippen LogP contribution in [-0.2, 0) is 19.1 Å². The van der Waals surface area contributed by atoms with Crippen molar-refractivity contribution in [1.29, 1.82) is 0 Å². The van der Waals surface area contributed by atoms with E-state index in [9.17, 15) is 14.4 Å². The number of amides is 2. The van der Waals surface area contributed by atoms with Crippen molar-refractivity contribution in [3.8, 4) is 5.75 Å². The van der Waals surface area contributed by atoms with Crippen molar-refractivity contribution in [1.82, 2.24) is 4.90 Å². The van der Waals surface area contributed by atoms with Gasteiger partial charge in [-0.15, -0.1) is 0 Å². The zero-order valence-electron chi connectivity index (χ0n) is 14.2. The fourth-order valence-electron chi connectivity index (χ4n) is 2.67. The van der Waals surface area contributed by atoms with Crippen LogP contribution in [0.15, 0.2) is 18.2 Å². The van der Waals surface area contributed by atoms with Crippen LogP contribution >= 0.6 is 23.2 Å². The molecule has 0 spiro atoms. The van der Waals surface area contributed by atoms with Gasteiger partial charge in [-0.25, -0.2) is 4.79 Å². The molecule has 1 aliphatic rings. The van der Waals surface area contributed by atoms with E-state index in [0.717, 1.165) is 12.8 Å². The Hall–Kier alpha value is -1.99. The molecule has 1 aliphatic heterocycles. The maximum Gasteiger partial charge on any atom is 0.347 e. The summed E-state index contributed by atoms with van der Waals surface area (Å²) in [7, 11) is 0. The topological polar surface area (TPSA) is 98.9 Å². The van der Waals surface area contributed by atoms with Crippen molar-refractivity contribution >= 4 is 41.0 Å². The zero-order valence-corrected chi connectivity index (χ0v) is 15.8. The van der Waals surface area contributed by atoms with E-state index in [-0.39, 0.29) is 10.8 Å². The summed E-state index contributed by atoms with van der Waals surface area (Å²) < 4.78 is 10.4. The van der Waals surface area contributed by atoms with Crippen molar-refractivity contribution in [3.05, 3.63) is 28.2 Å². The summed E-state index contributed by atoms with van der Waals surface area (Å²) >= 11 is 11.8. The van der Waals surface area contributed by atoms with Crippen molar-refractivity contribution in [2.45, 2.75) is 38.3 Å². The third-order valence-corrected chi connectivity index (χ3v) is 4.55. The number of halogens is 2. The first-order valence-electron chi connectivity index (χ1n) is 8.16. The van der Waals surface area contributed by atoms with Crippen LogP contribution in [0.25, 0.3) is 0 Å². The minimum atomic E-state index is -0.977. The predicted molar refractivity (Wildman–Crippen MR) is 96.1 cm³/mol. The van der Waals surface area contributed by atoms with Gasteiger partial charge in [-0.3, -0.25) is 9.59 Å². The van der Waals surface area contributed by atoms with E-state index in [1.165, 1.54) is 24.0 Å². The number of carbonyl (C=O) groups excluding carboxylic acids is 3. The van der Waals surface area contributed by atoms with Gasteiger partial charge in [-0.1, -0.05) is 23.2 Å². The molecule has 1 saturated heterocycles. The maximum atomic E-state index is 12.3. The number of hydrogen-bond donors (Lipinski definition) is 1. The van der Waals surface area contributed by atoms with E-state index in [1.807, 2.05) is 0 Å². The van der Waals surface area contributed by atoms with Gasteiger partial charge in [0.2, 0.25) is 5.91 Å². The molecule has 0 bridgehead atoms. The van der Waals surface area contributed by atoms with Crippen LogP contribution in [0, 0.1) is 0 Å². The standard InChI is InChI=1S/C17H20Cl2N2O5/c1-10(26-14-6-5-11(18)8-12(14)19)17(24)25-9-15(22)21-7-3-2-4-13(21)16(20)23/h5-6,8,10,13H,2-4,7,9H2,1H3,(H2,20,23)/t10-,13+/m0/s1. The van der Waals surface area contributed by atoms with Gasteiger partial charge in [0.05, 0.1) is 5.02 Å². The minimum Gasteiger partial charge on any atom is -0.477 e. The van der Waals surface area contributed by atoms with Gasteiger partial charge in [0.25, 0.3) is 5.91 Å².